The van der Waals surface area contributed by atoms with Crippen molar-refractivity contribution in [3.8, 4) is 0 Å². The van der Waals surface area contributed by atoms with Crippen LogP contribution >= 0.6 is 0 Å². The highest BCUT2D eigenvalue weighted by molar-refractivity contribution is 5.85. The average Bonchev–Trinajstić information content (AvgIpc) is 2.92. The van der Waals surface area contributed by atoms with Gasteiger partial charge in [0.1, 0.15) is 5.54 Å². The van der Waals surface area contributed by atoms with Crippen LogP contribution in [0, 0.1) is 17.8 Å². The molecule has 2 fully saturated rings. The molecule has 19 heavy (non-hydrogen) atoms. The van der Waals surface area contributed by atoms with Crippen molar-refractivity contribution in [2.45, 2.75) is 45.1 Å². The van der Waals surface area contributed by atoms with Crippen LogP contribution < -0.4 is 11.1 Å². The summed E-state index contributed by atoms with van der Waals surface area (Å²) in [5.41, 5.74) is 5.20. The van der Waals surface area contributed by atoms with Crippen LogP contribution in [-0.2, 0) is 4.79 Å². The van der Waals surface area contributed by atoms with Crippen LogP contribution in [-0.4, -0.2) is 43.0 Å². The van der Waals surface area contributed by atoms with Crippen molar-refractivity contribution in [3.05, 3.63) is 0 Å². The molecule has 4 atom stereocenters. The van der Waals surface area contributed by atoms with Gasteiger partial charge >= 0.3 is 0 Å². The molecule has 0 bridgehead atoms. The number of rotatable bonds is 5. The molecule has 1 aliphatic heterocycles. The maximum Gasteiger partial charge on any atom is 0.238 e. The lowest BCUT2D eigenvalue weighted by molar-refractivity contribution is -0.125. The minimum Gasteiger partial charge on any atom is -0.368 e. The number of amides is 1. The van der Waals surface area contributed by atoms with Crippen LogP contribution in [0.1, 0.15) is 39.5 Å². The van der Waals surface area contributed by atoms with E-state index in [9.17, 15) is 4.79 Å². The van der Waals surface area contributed by atoms with Gasteiger partial charge in [0.25, 0.3) is 0 Å². The topological polar surface area (TPSA) is 58.4 Å². The van der Waals surface area contributed by atoms with E-state index in [2.05, 4.69) is 24.1 Å². The predicted molar refractivity (Wildman–Crippen MR) is 77.7 cm³/mol. The zero-order chi connectivity index (χ0) is 14.0. The van der Waals surface area contributed by atoms with Gasteiger partial charge in [-0.05, 0) is 50.6 Å². The summed E-state index contributed by atoms with van der Waals surface area (Å²) < 4.78 is 0. The fourth-order valence-electron chi connectivity index (χ4n) is 4.02. The molecular weight excluding hydrogens is 238 g/mol. The van der Waals surface area contributed by atoms with Crippen LogP contribution in [0.25, 0.3) is 0 Å². The molecule has 1 amide bonds. The third kappa shape index (κ3) is 2.79. The number of likely N-dealkylation sites (N-methyl/N-ethyl adjacent to an activating group) is 1. The Morgan fingerprint density at radius 1 is 1.37 bits per heavy atom. The van der Waals surface area contributed by atoms with Gasteiger partial charge in [-0.25, -0.2) is 0 Å². The molecule has 0 radical (unpaired) electrons. The van der Waals surface area contributed by atoms with E-state index in [1.165, 1.54) is 13.1 Å². The molecule has 1 saturated carbocycles. The minimum absolute atomic E-state index is 0.166. The first-order valence-electron chi connectivity index (χ1n) is 7.70. The fourth-order valence-corrected chi connectivity index (χ4v) is 4.02. The Morgan fingerprint density at radius 3 is 2.53 bits per heavy atom. The Bertz CT molecular complexity index is 323. The largest absolute Gasteiger partial charge is 0.368 e. The van der Waals surface area contributed by atoms with Gasteiger partial charge < -0.3 is 16.0 Å². The number of hydrogen-bond acceptors (Lipinski definition) is 3. The summed E-state index contributed by atoms with van der Waals surface area (Å²) in [6.07, 6.45) is 4.23. The number of nitrogens with two attached hydrogens (primary N) is 1. The summed E-state index contributed by atoms with van der Waals surface area (Å²) in [4.78, 5) is 14.4. The summed E-state index contributed by atoms with van der Waals surface area (Å²) in [6, 6.07) is 0. The summed E-state index contributed by atoms with van der Waals surface area (Å²) >= 11 is 0. The second-order valence-corrected chi connectivity index (χ2v) is 6.68. The first kappa shape index (κ1) is 14.8. The van der Waals surface area contributed by atoms with Crippen molar-refractivity contribution in [3.63, 3.8) is 0 Å². The summed E-state index contributed by atoms with van der Waals surface area (Å²) in [5, 5.41) is 3.23. The van der Waals surface area contributed by atoms with Gasteiger partial charge in [0.05, 0.1) is 0 Å². The summed E-state index contributed by atoms with van der Waals surface area (Å²) in [6.45, 7) is 8.19. The van der Waals surface area contributed by atoms with Gasteiger partial charge in [0.15, 0.2) is 0 Å². The van der Waals surface area contributed by atoms with Gasteiger partial charge in [-0.2, -0.15) is 0 Å². The van der Waals surface area contributed by atoms with Gasteiger partial charge in [0.2, 0.25) is 5.91 Å². The van der Waals surface area contributed by atoms with Crippen molar-refractivity contribution in [1.82, 2.24) is 10.2 Å². The smallest absolute Gasteiger partial charge is 0.238 e. The van der Waals surface area contributed by atoms with E-state index < -0.39 is 5.54 Å². The van der Waals surface area contributed by atoms with Crippen molar-refractivity contribution < 1.29 is 4.79 Å². The number of carbonyl (C=O) groups is 1. The molecule has 2 aliphatic rings. The van der Waals surface area contributed by atoms with Crippen LogP contribution in [0.4, 0.5) is 0 Å². The maximum absolute atomic E-state index is 11.8. The molecular formula is C15H29N3O. The van der Waals surface area contributed by atoms with Crippen LogP contribution in [0.5, 0.6) is 0 Å². The first-order chi connectivity index (χ1) is 8.99. The highest BCUT2D eigenvalue weighted by Gasteiger charge is 2.46. The standard InChI is InChI=1S/C15H29N3O/c1-11-9-18(10-12(11)2)8-6-13-5-4-7-15(13,17-3)14(16)19/h11-13,17H,4-10H2,1-3H3,(H2,16,19). The molecule has 2 rings (SSSR count). The fraction of sp³-hybridized carbons (Fsp3) is 0.933. The van der Waals surface area contributed by atoms with Crippen molar-refractivity contribution in [2.75, 3.05) is 26.7 Å². The van der Waals surface area contributed by atoms with Gasteiger partial charge in [-0.1, -0.05) is 20.3 Å². The van der Waals surface area contributed by atoms with Crippen LogP contribution in [0.15, 0.2) is 0 Å². The molecule has 0 aromatic carbocycles. The number of primary amides is 1. The molecule has 110 valence electrons. The lowest BCUT2D eigenvalue weighted by atomic mass is 9.84. The highest BCUT2D eigenvalue weighted by atomic mass is 16.1. The van der Waals surface area contributed by atoms with E-state index >= 15 is 0 Å². The molecule has 3 N–H and O–H groups in total. The van der Waals surface area contributed by atoms with E-state index in [0.29, 0.717) is 5.92 Å². The predicted octanol–water partition coefficient (Wildman–Crippen LogP) is 1.21. The van der Waals surface area contributed by atoms with E-state index in [0.717, 1.165) is 44.1 Å². The molecule has 4 nitrogen and oxygen atoms in total. The Hall–Kier alpha value is -0.610. The zero-order valence-corrected chi connectivity index (χ0v) is 12.6. The lowest BCUT2D eigenvalue weighted by Gasteiger charge is -2.33. The maximum atomic E-state index is 11.8. The summed E-state index contributed by atoms with van der Waals surface area (Å²) in [5.74, 6) is 1.84. The van der Waals surface area contributed by atoms with Crippen LogP contribution in [0.3, 0.4) is 0 Å². The van der Waals surface area contributed by atoms with Crippen molar-refractivity contribution >= 4 is 5.91 Å². The Balaban J connectivity index is 1.90. The third-order valence-electron chi connectivity index (χ3n) is 5.56. The Morgan fingerprint density at radius 2 is 2.00 bits per heavy atom. The minimum atomic E-state index is -0.447. The van der Waals surface area contributed by atoms with E-state index in [-0.39, 0.29) is 5.91 Å². The van der Waals surface area contributed by atoms with Crippen LogP contribution in [0.2, 0.25) is 0 Å². The number of carbonyl (C=O) groups excluding carboxylic acids is 1. The number of nitrogens with zero attached hydrogens (tertiary/aromatic N) is 1. The normalized spacial score (nSPS) is 39.8. The average molecular weight is 267 g/mol. The monoisotopic (exact) mass is 267 g/mol. The third-order valence-corrected chi connectivity index (χ3v) is 5.56. The number of likely N-dealkylation sites (tertiary alicyclic amines) is 1. The zero-order valence-electron chi connectivity index (χ0n) is 12.6. The van der Waals surface area contributed by atoms with Gasteiger partial charge in [-0.15, -0.1) is 0 Å². The van der Waals surface area contributed by atoms with E-state index in [1.54, 1.807) is 0 Å². The quantitative estimate of drug-likeness (QED) is 0.787. The molecule has 0 aromatic rings. The molecule has 1 saturated heterocycles. The molecule has 1 aliphatic carbocycles. The Labute approximate surface area is 117 Å². The molecule has 0 aromatic heterocycles. The highest BCUT2D eigenvalue weighted by Crippen LogP contribution is 2.38. The Kier molecular flexibility index (Phi) is 4.51. The van der Waals surface area contributed by atoms with E-state index in [4.69, 9.17) is 5.73 Å². The molecule has 4 heteroatoms. The number of nitrogens with one attached hydrogen (secondary N) is 1. The summed E-state index contributed by atoms with van der Waals surface area (Å²) in [7, 11) is 1.88. The lowest BCUT2D eigenvalue weighted by Crippen LogP contribution is -2.56. The van der Waals surface area contributed by atoms with E-state index in [1.807, 2.05) is 7.05 Å². The van der Waals surface area contributed by atoms with Crippen molar-refractivity contribution in [1.29, 1.82) is 0 Å². The SMILES string of the molecule is CNC1(C(N)=O)CCCC1CCN1CC(C)C(C)C1. The number of hydrogen-bond donors (Lipinski definition) is 2. The van der Waals surface area contributed by atoms with Gasteiger partial charge in [0, 0.05) is 13.1 Å². The first-order valence-corrected chi connectivity index (χ1v) is 7.70. The molecule has 1 heterocycles. The second-order valence-electron chi connectivity index (χ2n) is 6.68. The molecule has 4 unspecified atom stereocenters. The van der Waals surface area contributed by atoms with Crippen molar-refractivity contribution in [2.24, 2.45) is 23.5 Å². The molecule has 0 spiro atoms. The second kappa shape index (κ2) is 5.80. The van der Waals surface area contributed by atoms with Gasteiger partial charge in [-0.3, -0.25) is 4.79 Å².